The molecule has 4 rings (SSSR count). The third-order valence-electron chi connectivity index (χ3n) is 6.67. The van der Waals surface area contributed by atoms with E-state index >= 15 is 0 Å². The lowest BCUT2D eigenvalue weighted by Gasteiger charge is -2.30. The van der Waals surface area contributed by atoms with E-state index in [1.54, 1.807) is 6.92 Å². The van der Waals surface area contributed by atoms with Crippen molar-refractivity contribution in [2.24, 2.45) is 0 Å². The largest absolute Gasteiger partial charge is 0.465 e. The van der Waals surface area contributed by atoms with Crippen LogP contribution in [-0.2, 0) is 29.2 Å². The number of hydrogen-bond acceptors (Lipinski definition) is 7. The minimum atomic E-state index is -0.396. The van der Waals surface area contributed by atoms with Crippen LogP contribution >= 0.6 is 0 Å². The molecule has 0 saturated carbocycles. The minimum Gasteiger partial charge on any atom is -0.465 e. The Hall–Kier alpha value is -3.85. The van der Waals surface area contributed by atoms with Gasteiger partial charge < -0.3 is 9.72 Å². The Morgan fingerprint density at radius 3 is 2.49 bits per heavy atom. The second kappa shape index (κ2) is 11.5. The highest BCUT2D eigenvalue weighted by Gasteiger charge is 2.27. The van der Waals surface area contributed by atoms with Gasteiger partial charge in [0.15, 0.2) is 5.82 Å². The predicted molar refractivity (Wildman–Crippen MR) is 142 cm³/mol. The summed E-state index contributed by atoms with van der Waals surface area (Å²) >= 11 is 0. The molecule has 9 nitrogen and oxygen atoms in total. The molecule has 0 radical (unpaired) electrons. The Bertz CT molecular complexity index is 1440. The number of rotatable bonds is 10. The molecule has 0 saturated heterocycles. The van der Waals surface area contributed by atoms with Crippen LogP contribution in [0.3, 0.4) is 0 Å². The number of carbonyl (C=O) groups excluding carboxylic acids is 1. The lowest BCUT2D eigenvalue weighted by atomic mass is 10.0. The van der Waals surface area contributed by atoms with Crippen molar-refractivity contribution in [2.45, 2.75) is 66.7 Å². The van der Waals surface area contributed by atoms with Gasteiger partial charge in [0.2, 0.25) is 0 Å². The number of H-pyrrole nitrogens is 1. The molecule has 0 bridgehead atoms. The van der Waals surface area contributed by atoms with Crippen LogP contribution in [0.5, 0.6) is 0 Å². The van der Waals surface area contributed by atoms with Crippen LogP contribution in [0, 0.1) is 20.8 Å². The van der Waals surface area contributed by atoms with Gasteiger partial charge in [0.05, 0.1) is 18.2 Å². The summed E-state index contributed by atoms with van der Waals surface area (Å²) in [5.74, 6) is 0.166. The highest BCUT2D eigenvalue weighted by molar-refractivity contribution is 5.85. The van der Waals surface area contributed by atoms with Gasteiger partial charge in [0.1, 0.15) is 6.54 Å². The molecule has 2 heterocycles. The molecule has 0 unspecified atom stereocenters. The number of benzene rings is 2. The SMILES string of the molecule is CCOC(=O)Cn1nnnc1[C@@H](CC)N(Cc1ccc(C)cc1)Cc1cc2c(C)ccc(C)c2[nH]c1=O. The number of ether oxygens (including phenoxy) is 1. The topological polar surface area (TPSA) is 106 Å². The van der Waals surface area contributed by atoms with Crippen LogP contribution in [0.1, 0.15) is 60.0 Å². The molecule has 37 heavy (non-hydrogen) atoms. The van der Waals surface area contributed by atoms with E-state index in [-0.39, 0.29) is 24.8 Å². The number of fused-ring (bicyclic) bond motifs is 1. The van der Waals surface area contributed by atoms with Crippen LogP contribution in [0.15, 0.2) is 47.3 Å². The summed E-state index contributed by atoms with van der Waals surface area (Å²) in [7, 11) is 0. The molecule has 9 heteroatoms. The molecule has 0 fully saturated rings. The summed E-state index contributed by atoms with van der Waals surface area (Å²) in [6, 6.07) is 14.2. The first-order valence-corrected chi connectivity index (χ1v) is 12.6. The maximum absolute atomic E-state index is 13.2. The number of aromatic amines is 1. The van der Waals surface area contributed by atoms with E-state index in [2.05, 4.69) is 62.7 Å². The normalized spacial score (nSPS) is 12.3. The third-order valence-corrected chi connectivity index (χ3v) is 6.67. The lowest BCUT2D eigenvalue weighted by Crippen LogP contribution is -2.33. The van der Waals surface area contributed by atoms with Crippen molar-refractivity contribution in [1.29, 1.82) is 0 Å². The Kier molecular flexibility index (Phi) is 8.13. The van der Waals surface area contributed by atoms with Crippen LogP contribution in [0.2, 0.25) is 0 Å². The van der Waals surface area contributed by atoms with Gasteiger partial charge in [-0.15, -0.1) is 5.10 Å². The first-order valence-electron chi connectivity index (χ1n) is 12.6. The summed E-state index contributed by atoms with van der Waals surface area (Å²) in [5.41, 5.74) is 5.84. The first-order chi connectivity index (χ1) is 17.8. The van der Waals surface area contributed by atoms with Crippen LogP contribution in [0.25, 0.3) is 10.9 Å². The molecule has 0 aliphatic heterocycles. The molecule has 2 aromatic carbocycles. The maximum Gasteiger partial charge on any atom is 0.327 e. The van der Waals surface area contributed by atoms with Crippen LogP contribution < -0.4 is 5.56 Å². The zero-order valence-electron chi connectivity index (χ0n) is 22.1. The molecule has 4 aromatic rings. The lowest BCUT2D eigenvalue weighted by molar-refractivity contribution is -0.144. The molecule has 0 aliphatic rings. The zero-order chi connectivity index (χ0) is 26.5. The van der Waals surface area contributed by atoms with Gasteiger partial charge in [-0.3, -0.25) is 14.5 Å². The zero-order valence-corrected chi connectivity index (χ0v) is 22.1. The number of nitrogens with one attached hydrogen (secondary N) is 1. The first kappa shape index (κ1) is 26.2. The highest BCUT2D eigenvalue weighted by Crippen LogP contribution is 2.27. The second-order valence-corrected chi connectivity index (χ2v) is 9.43. The van der Waals surface area contributed by atoms with Gasteiger partial charge in [0, 0.05) is 24.0 Å². The predicted octanol–water partition coefficient (Wildman–Crippen LogP) is 4.16. The number of aryl methyl sites for hydroxylation is 3. The van der Waals surface area contributed by atoms with Gasteiger partial charge in [0.25, 0.3) is 5.56 Å². The Labute approximate surface area is 216 Å². The number of hydrogen-bond donors (Lipinski definition) is 1. The molecule has 0 aliphatic carbocycles. The second-order valence-electron chi connectivity index (χ2n) is 9.43. The maximum atomic E-state index is 13.2. The standard InChI is InChI=1S/C28H34N6O3/c1-6-24(27-30-31-32-34(27)17-25(35)37-7-2)33(15-21-12-8-18(3)9-13-21)16-22-14-23-19(4)10-11-20(5)26(23)29-28(22)36/h8-14,24H,6-7,15-17H2,1-5H3,(H,29,36)/t24-/m1/s1. The summed E-state index contributed by atoms with van der Waals surface area (Å²) in [6.07, 6.45) is 0.679. The fraction of sp³-hybridized carbons (Fsp3) is 0.393. The van der Waals surface area contributed by atoms with E-state index in [0.717, 1.165) is 27.6 Å². The molecule has 0 spiro atoms. The quantitative estimate of drug-likeness (QED) is 0.325. The van der Waals surface area contributed by atoms with E-state index in [1.165, 1.54) is 10.2 Å². The van der Waals surface area contributed by atoms with Crippen molar-refractivity contribution in [1.82, 2.24) is 30.1 Å². The smallest absolute Gasteiger partial charge is 0.327 e. The average Bonchev–Trinajstić information content (AvgIpc) is 3.32. The Morgan fingerprint density at radius 2 is 1.78 bits per heavy atom. The molecular formula is C28H34N6O3. The Balaban J connectivity index is 1.75. The summed E-state index contributed by atoms with van der Waals surface area (Å²) < 4.78 is 6.60. The monoisotopic (exact) mass is 502 g/mol. The van der Waals surface area contributed by atoms with Crippen molar-refractivity contribution in [3.63, 3.8) is 0 Å². The number of tetrazole rings is 1. The number of esters is 1. The number of carbonyl (C=O) groups is 1. The van der Waals surface area contributed by atoms with Gasteiger partial charge >= 0.3 is 5.97 Å². The van der Waals surface area contributed by atoms with E-state index < -0.39 is 5.97 Å². The molecule has 0 amide bonds. The van der Waals surface area contributed by atoms with Crippen molar-refractivity contribution >= 4 is 16.9 Å². The van der Waals surface area contributed by atoms with Gasteiger partial charge in [-0.05, 0) is 67.3 Å². The third kappa shape index (κ3) is 5.94. The van der Waals surface area contributed by atoms with Gasteiger partial charge in [-0.25, -0.2) is 4.68 Å². The minimum absolute atomic E-state index is 0.0694. The van der Waals surface area contributed by atoms with Crippen molar-refractivity contribution < 1.29 is 9.53 Å². The van der Waals surface area contributed by atoms with E-state index in [9.17, 15) is 9.59 Å². The van der Waals surface area contributed by atoms with Crippen LogP contribution in [0.4, 0.5) is 0 Å². The number of aromatic nitrogens is 5. The van der Waals surface area contributed by atoms with Crippen molar-refractivity contribution in [3.8, 4) is 0 Å². The molecular weight excluding hydrogens is 468 g/mol. The fourth-order valence-electron chi connectivity index (χ4n) is 4.65. The highest BCUT2D eigenvalue weighted by atomic mass is 16.5. The summed E-state index contributed by atoms with van der Waals surface area (Å²) in [5, 5.41) is 13.2. The Morgan fingerprint density at radius 1 is 1.05 bits per heavy atom. The summed E-state index contributed by atoms with van der Waals surface area (Å²) in [4.78, 5) is 30.7. The fourth-order valence-corrected chi connectivity index (χ4v) is 4.65. The van der Waals surface area contributed by atoms with Crippen LogP contribution in [-0.4, -0.2) is 42.7 Å². The molecule has 2 aromatic heterocycles. The molecule has 194 valence electrons. The van der Waals surface area contributed by atoms with Gasteiger partial charge in [-0.2, -0.15) is 0 Å². The van der Waals surface area contributed by atoms with Crippen molar-refractivity contribution in [3.05, 3.63) is 86.5 Å². The molecule has 1 N–H and O–H groups in total. The van der Waals surface area contributed by atoms with Crippen molar-refractivity contribution in [2.75, 3.05) is 6.61 Å². The van der Waals surface area contributed by atoms with Gasteiger partial charge in [-0.1, -0.05) is 48.9 Å². The van der Waals surface area contributed by atoms with E-state index in [0.29, 0.717) is 30.9 Å². The number of nitrogens with zero attached hydrogens (tertiary/aromatic N) is 5. The van der Waals surface area contributed by atoms with E-state index in [4.69, 9.17) is 4.74 Å². The molecule has 1 atom stereocenters. The average molecular weight is 503 g/mol. The number of pyridine rings is 1. The summed E-state index contributed by atoms with van der Waals surface area (Å²) in [6.45, 7) is 11.1. The van der Waals surface area contributed by atoms with E-state index in [1.807, 2.05) is 32.9 Å².